The summed E-state index contributed by atoms with van der Waals surface area (Å²) in [6.07, 6.45) is 3.37. The van der Waals surface area contributed by atoms with Crippen LogP contribution in [0.15, 0.2) is 102 Å². The van der Waals surface area contributed by atoms with Gasteiger partial charge < -0.3 is 4.42 Å². The number of fused-ring (bicyclic) bond motifs is 5. The Labute approximate surface area is 178 Å². The van der Waals surface area contributed by atoms with Crippen molar-refractivity contribution < 1.29 is 4.42 Å². The van der Waals surface area contributed by atoms with E-state index in [0.29, 0.717) is 5.56 Å². The molecule has 0 radical (unpaired) electrons. The van der Waals surface area contributed by atoms with Gasteiger partial charge >= 0.3 is 0 Å². The standard InChI is InChI=1S/C28H16N2O/c29-15-18-12-21(17-30-16-18)19-6-5-7-20(13-19)25-14-27-28(23-9-2-1-8-22(23)25)24-10-3-4-11-26(24)31-27/h1-14,16-17H. The molecule has 0 unspecified atom stereocenters. The molecule has 2 heterocycles. The molecule has 6 rings (SSSR count). The van der Waals surface area contributed by atoms with Gasteiger partial charge in [0.15, 0.2) is 0 Å². The summed E-state index contributed by atoms with van der Waals surface area (Å²) in [5.41, 5.74) is 6.50. The van der Waals surface area contributed by atoms with E-state index in [1.807, 2.05) is 36.4 Å². The molecule has 31 heavy (non-hydrogen) atoms. The smallest absolute Gasteiger partial charge is 0.136 e. The number of rotatable bonds is 2. The SMILES string of the molecule is N#Cc1cncc(-c2cccc(-c3cc4oc5ccccc5c4c4ccccc34)c2)c1. The molecule has 0 aliphatic carbocycles. The number of nitriles is 1. The Bertz CT molecular complexity index is 1650. The van der Waals surface area contributed by atoms with E-state index in [-0.39, 0.29) is 0 Å². The number of aromatic nitrogens is 1. The average Bonchev–Trinajstić information content (AvgIpc) is 3.22. The van der Waals surface area contributed by atoms with Crippen molar-refractivity contribution in [2.75, 3.05) is 0 Å². The quantitative estimate of drug-likeness (QED) is 0.308. The molecular formula is C28H16N2O. The molecule has 0 amide bonds. The van der Waals surface area contributed by atoms with E-state index in [2.05, 4.69) is 59.6 Å². The van der Waals surface area contributed by atoms with Crippen molar-refractivity contribution in [3.63, 3.8) is 0 Å². The van der Waals surface area contributed by atoms with E-state index < -0.39 is 0 Å². The molecule has 0 N–H and O–H groups in total. The van der Waals surface area contributed by atoms with Crippen LogP contribution in [0.1, 0.15) is 5.56 Å². The van der Waals surface area contributed by atoms with Gasteiger partial charge in [0.25, 0.3) is 0 Å². The molecule has 0 saturated carbocycles. The van der Waals surface area contributed by atoms with Gasteiger partial charge in [0.2, 0.25) is 0 Å². The number of hydrogen-bond donors (Lipinski definition) is 0. The molecule has 0 spiro atoms. The van der Waals surface area contributed by atoms with Crippen LogP contribution in [-0.4, -0.2) is 4.98 Å². The molecule has 144 valence electrons. The summed E-state index contributed by atoms with van der Waals surface area (Å²) >= 11 is 0. The van der Waals surface area contributed by atoms with Gasteiger partial charge in [0, 0.05) is 28.7 Å². The Kier molecular flexibility index (Phi) is 3.84. The molecular weight excluding hydrogens is 380 g/mol. The highest BCUT2D eigenvalue weighted by molar-refractivity contribution is 6.22. The van der Waals surface area contributed by atoms with Gasteiger partial charge in [-0.15, -0.1) is 0 Å². The normalized spacial score (nSPS) is 11.2. The fourth-order valence-electron chi connectivity index (χ4n) is 4.35. The minimum atomic E-state index is 0.553. The van der Waals surface area contributed by atoms with Crippen LogP contribution in [0.4, 0.5) is 0 Å². The highest BCUT2D eigenvalue weighted by Crippen LogP contribution is 2.40. The summed E-state index contributed by atoms with van der Waals surface area (Å²) in [4.78, 5) is 4.21. The number of para-hydroxylation sites is 1. The zero-order valence-corrected chi connectivity index (χ0v) is 16.5. The Morgan fingerprint density at radius 3 is 2.29 bits per heavy atom. The van der Waals surface area contributed by atoms with E-state index >= 15 is 0 Å². The highest BCUT2D eigenvalue weighted by Gasteiger charge is 2.14. The molecule has 0 bridgehead atoms. The third-order valence-corrected chi connectivity index (χ3v) is 5.76. The van der Waals surface area contributed by atoms with E-state index in [9.17, 15) is 5.26 Å². The van der Waals surface area contributed by atoms with Gasteiger partial charge in [0.1, 0.15) is 17.2 Å². The second-order valence-corrected chi connectivity index (χ2v) is 7.60. The van der Waals surface area contributed by atoms with Crippen molar-refractivity contribution in [1.29, 1.82) is 5.26 Å². The average molecular weight is 396 g/mol. The molecule has 3 nitrogen and oxygen atoms in total. The number of pyridine rings is 1. The zero-order chi connectivity index (χ0) is 20.8. The van der Waals surface area contributed by atoms with E-state index in [4.69, 9.17) is 4.42 Å². The van der Waals surface area contributed by atoms with E-state index in [1.165, 1.54) is 10.8 Å². The van der Waals surface area contributed by atoms with Crippen LogP contribution >= 0.6 is 0 Å². The molecule has 0 aliphatic rings. The van der Waals surface area contributed by atoms with E-state index in [1.54, 1.807) is 12.4 Å². The lowest BCUT2D eigenvalue weighted by atomic mass is 9.93. The summed E-state index contributed by atoms with van der Waals surface area (Å²) in [7, 11) is 0. The Hall–Kier alpha value is -4.42. The Morgan fingerprint density at radius 2 is 1.42 bits per heavy atom. The summed E-state index contributed by atoms with van der Waals surface area (Å²) in [6.45, 7) is 0. The van der Waals surface area contributed by atoms with Crippen LogP contribution < -0.4 is 0 Å². The molecule has 3 heteroatoms. The molecule has 4 aromatic carbocycles. The minimum Gasteiger partial charge on any atom is -0.456 e. The van der Waals surface area contributed by atoms with Gasteiger partial charge in [0.05, 0.1) is 5.56 Å². The van der Waals surface area contributed by atoms with Crippen LogP contribution in [0, 0.1) is 11.3 Å². The van der Waals surface area contributed by atoms with Crippen molar-refractivity contribution in [3.05, 3.63) is 103 Å². The molecule has 0 fully saturated rings. The van der Waals surface area contributed by atoms with Crippen LogP contribution in [0.5, 0.6) is 0 Å². The third kappa shape index (κ3) is 2.78. The second kappa shape index (κ2) is 6.83. The number of benzene rings is 4. The number of furan rings is 1. The topological polar surface area (TPSA) is 49.8 Å². The van der Waals surface area contributed by atoms with Crippen LogP contribution in [0.25, 0.3) is 55.0 Å². The second-order valence-electron chi connectivity index (χ2n) is 7.60. The number of nitrogens with zero attached hydrogens (tertiary/aromatic N) is 2. The summed E-state index contributed by atoms with van der Waals surface area (Å²) in [6, 6.07) is 31.2. The van der Waals surface area contributed by atoms with Crippen LogP contribution in [-0.2, 0) is 0 Å². The number of hydrogen-bond acceptors (Lipinski definition) is 3. The van der Waals surface area contributed by atoms with E-state index in [0.717, 1.165) is 44.2 Å². The predicted molar refractivity (Wildman–Crippen MR) is 125 cm³/mol. The molecule has 0 aliphatic heterocycles. The summed E-state index contributed by atoms with van der Waals surface area (Å²) < 4.78 is 6.22. The maximum absolute atomic E-state index is 9.22. The monoisotopic (exact) mass is 396 g/mol. The molecule has 6 aromatic rings. The Morgan fingerprint density at radius 1 is 0.645 bits per heavy atom. The fraction of sp³-hybridized carbons (Fsp3) is 0. The third-order valence-electron chi connectivity index (χ3n) is 5.76. The first kappa shape index (κ1) is 17.4. The Balaban J connectivity index is 1.63. The van der Waals surface area contributed by atoms with Gasteiger partial charge in [-0.05, 0) is 51.7 Å². The summed E-state index contributed by atoms with van der Waals surface area (Å²) in [5.74, 6) is 0. The maximum Gasteiger partial charge on any atom is 0.136 e. The fourth-order valence-corrected chi connectivity index (χ4v) is 4.35. The van der Waals surface area contributed by atoms with Crippen molar-refractivity contribution >= 4 is 32.7 Å². The molecule has 2 aromatic heterocycles. The van der Waals surface area contributed by atoms with Gasteiger partial charge in [-0.1, -0.05) is 60.7 Å². The first-order valence-corrected chi connectivity index (χ1v) is 10.1. The summed E-state index contributed by atoms with van der Waals surface area (Å²) in [5, 5.41) is 13.9. The van der Waals surface area contributed by atoms with Crippen LogP contribution in [0.3, 0.4) is 0 Å². The first-order valence-electron chi connectivity index (χ1n) is 10.1. The van der Waals surface area contributed by atoms with Gasteiger partial charge in [-0.25, -0.2) is 0 Å². The highest BCUT2D eigenvalue weighted by atomic mass is 16.3. The molecule has 0 saturated heterocycles. The lowest BCUT2D eigenvalue weighted by Gasteiger charge is -2.10. The van der Waals surface area contributed by atoms with Gasteiger partial charge in [-0.2, -0.15) is 5.26 Å². The largest absolute Gasteiger partial charge is 0.456 e. The maximum atomic E-state index is 9.22. The van der Waals surface area contributed by atoms with Crippen molar-refractivity contribution in [3.8, 4) is 28.3 Å². The van der Waals surface area contributed by atoms with Crippen molar-refractivity contribution in [1.82, 2.24) is 4.98 Å². The zero-order valence-electron chi connectivity index (χ0n) is 16.5. The predicted octanol–water partition coefficient (Wildman–Crippen LogP) is 7.34. The van der Waals surface area contributed by atoms with Crippen molar-refractivity contribution in [2.24, 2.45) is 0 Å². The lowest BCUT2D eigenvalue weighted by Crippen LogP contribution is -1.86. The van der Waals surface area contributed by atoms with Gasteiger partial charge in [-0.3, -0.25) is 4.98 Å². The minimum absolute atomic E-state index is 0.553. The van der Waals surface area contributed by atoms with Crippen LogP contribution in [0.2, 0.25) is 0 Å². The first-order chi connectivity index (χ1) is 15.3. The van der Waals surface area contributed by atoms with Crippen molar-refractivity contribution in [2.45, 2.75) is 0 Å². The lowest BCUT2D eigenvalue weighted by molar-refractivity contribution is 0.669. The molecule has 0 atom stereocenters.